The molecule has 0 spiro atoms. The lowest BCUT2D eigenvalue weighted by Gasteiger charge is -2.16. The van der Waals surface area contributed by atoms with Crippen molar-refractivity contribution in [3.8, 4) is 0 Å². The molecule has 0 fully saturated rings. The third-order valence-electron chi connectivity index (χ3n) is 3.03. The number of aryl methyl sites for hydroxylation is 1. The van der Waals surface area contributed by atoms with E-state index in [1.165, 1.54) is 11.1 Å². The Morgan fingerprint density at radius 1 is 1.12 bits per heavy atom. The van der Waals surface area contributed by atoms with Crippen molar-refractivity contribution in [2.24, 2.45) is 0 Å². The van der Waals surface area contributed by atoms with Gasteiger partial charge in [0.2, 0.25) is 0 Å². The summed E-state index contributed by atoms with van der Waals surface area (Å²) in [6.45, 7) is 2.23. The van der Waals surface area contributed by atoms with Crippen LogP contribution in [0.5, 0.6) is 0 Å². The summed E-state index contributed by atoms with van der Waals surface area (Å²) in [5, 5.41) is 9.54. The molecule has 0 saturated heterocycles. The van der Waals surface area contributed by atoms with Gasteiger partial charge in [0, 0.05) is 17.8 Å². The van der Waals surface area contributed by atoms with Gasteiger partial charge in [0.15, 0.2) is 0 Å². The molecular weight excluding hydrogens is 210 g/mol. The first-order valence-electron chi connectivity index (χ1n) is 5.87. The standard InChI is InChI=1S/C15H17NO/c1-12-6-2-3-8-15(12)13(11-17)10-14-7-4-5-9-16-14/h2-9,13,17H,10-11H2,1H3. The van der Waals surface area contributed by atoms with Gasteiger partial charge in [-0.05, 0) is 36.6 Å². The molecule has 1 unspecified atom stereocenters. The van der Waals surface area contributed by atoms with E-state index in [4.69, 9.17) is 0 Å². The summed E-state index contributed by atoms with van der Waals surface area (Å²) in [5.41, 5.74) is 3.46. The zero-order valence-corrected chi connectivity index (χ0v) is 10.0. The van der Waals surface area contributed by atoms with Crippen molar-refractivity contribution < 1.29 is 5.11 Å². The molecule has 17 heavy (non-hydrogen) atoms. The second-order valence-corrected chi connectivity index (χ2v) is 4.26. The zero-order chi connectivity index (χ0) is 12.1. The molecule has 0 aliphatic rings. The predicted octanol–water partition coefficient (Wildman–Crippen LogP) is 2.71. The van der Waals surface area contributed by atoms with Gasteiger partial charge in [-0.15, -0.1) is 0 Å². The molecule has 0 bridgehead atoms. The maximum atomic E-state index is 9.54. The van der Waals surface area contributed by atoms with Crippen LogP contribution in [0.3, 0.4) is 0 Å². The van der Waals surface area contributed by atoms with Crippen LogP contribution in [0.1, 0.15) is 22.7 Å². The Morgan fingerprint density at radius 2 is 1.88 bits per heavy atom. The van der Waals surface area contributed by atoms with Gasteiger partial charge in [-0.25, -0.2) is 0 Å². The molecule has 0 radical (unpaired) electrons. The van der Waals surface area contributed by atoms with Gasteiger partial charge < -0.3 is 5.11 Å². The highest BCUT2D eigenvalue weighted by Gasteiger charge is 2.13. The van der Waals surface area contributed by atoms with Crippen molar-refractivity contribution in [1.29, 1.82) is 0 Å². The molecule has 2 rings (SSSR count). The van der Waals surface area contributed by atoms with E-state index in [1.807, 2.05) is 30.3 Å². The van der Waals surface area contributed by atoms with E-state index in [2.05, 4.69) is 24.0 Å². The summed E-state index contributed by atoms with van der Waals surface area (Å²) in [6, 6.07) is 14.1. The lowest BCUT2D eigenvalue weighted by Crippen LogP contribution is -2.10. The highest BCUT2D eigenvalue weighted by Crippen LogP contribution is 2.22. The summed E-state index contributed by atoms with van der Waals surface area (Å²) in [7, 11) is 0. The van der Waals surface area contributed by atoms with Crippen LogP contribution in [0.25, 0.3) is 0 Å². The molecule has 0 saturated carbocycles. The minimum Gasteiger partial charge on any atom is -0.396 e. The number of nitrogens with zero attached hydrogens (tertiary/aromatic N) is 1. The van der Waals surface area contributed by atoms with Gasteiger partial charge in [0.1, 0.15) is 0 Å². The van der Waals surface area contributed by atoms with Gasteiger partial charge in [-0.3, -0.25) is 4.98 Å². The van der Waals surface area contributed by atoms with Gasteiger partial charge >= 0.3 is 0 Å². The Bertz CT molecular complexity index is 467. The normalized spacial score (nSPS) is 12.4. The second kappa shape index (κ2) is 5.60. The fourth-order valence-electron chi connectivity index (χ4n) is 2.09. The Balaban J connectivity index is 2.21. The first-order valence-corrected chi connectivity index (χ1v) is 5.87. The summed E-state index contributed by atoms with van der Waals surface area (Å²) < 4.78 is 0. The average molecular weight is 227 g/mol. The van der Waals surface area contributed by atoms with Crippen molar-refractivity contribution in [3.05, 3.63) is 65.5 Å². The largest absolute Gasteiger partial charge is 0.396 e. The zero-order valence-electron chi connectivity index (χ0n) is 10.0. The topological polar surface area (TPSA) is 33.1 Å². The number of rotatable bonds is 4. The quantitative estimate of drug-likeness (QED) is 0.871. The van der Waals surface area contributed by atoms with Crippen molar-refractivity contribution in [3.63, 3.8) is 0 Å². The Morgan fingerprint density at radius 3 is 2.53 bits per heavy atom. The SMILES string of the molecule is Cc1ccccc1C(CO)Cc1ccccn1. The van der Waals surface area contributed by atoms with E-state index < -0.39 is 0 Å². The molecule has 88 valence electrons. The first-order chi connectivity index (χ1) is 8.31. The third kappa shape index (κ3) is 2.92. The van der Waals surface area contributed by atoms with E-state index in [0.717, 1.165) is 12.1 Å². The van der Waals surface area contributed by atoms with E-state index in [-0.39, 0.29) is 12.5 Å². The number of aliphatic hydroxyl groups excluding tert-OH is 1. The molecule has 2 aromatic rings. The molecule has 0 aliphatic heterocycles. The van der Waals surface area contributed by atoms with Crippen molar-refractivity contribution >= 4 is 0 Å². The van der Waals surface area contributed by atoms with E-state index in [0.29, 0.717) is 0 Å². The third-order valence-corrected chi connectivity index (χ3v) is 3.03. The molecular formula is C15H17NO. The summed E-state index contributed by atoms with van der Waals surface area (Å²) in [4.78, 5) is 4.31. The van der Waals surface area contributed by atoms with Crippen LogP contribution in [-0.4, -0.2) is 16.7 Å². The molecule has 1 aromatic carbocycles. The van der Waals surface area contributed by atoms with Gasteiger partial charge in [-0.1, -0.05) is 30.3 Å². The highest BCUT2D eigenvalue weighted by atomic mass is 16.3. The number of hydrogen-bond donors (Lipinski definition) is 1. The smallest absolute Gasteiger partial charge is 0.0503 e. The molecule has 2 heteroatoms. The summed E-state index contributed by atoms with van der Waals surface area (Å²) in [6.07, 6.45) is 2.57. The van der Waals surface area contributed by atoms with Crippen molar-refractivity contribution in [2.75, 3.05) is 6.61 Å². The van der Waals surface area contributed by atoms with Gasteiger partial charge in [-0.2, -0.15) is 0 Å². The highest BCUT2D eigenvalue weighted by molar-refractivity contribution is 5.30. The van der Waals surface area contributed by atoms with E-state index >= 15 is 0 Å². The molecule has 2 nitrogen and oxygen atoms in total. The minimum atomic E-state index is 0.131. The maximum absolute atomic E-state index is 9.54. The molecule has 1 N–H and O–H groups in total. The number of pyridine rings is 1. The first kappa shape index (κ1) is 11.8. The number of aliphatic hydroxyl groups is 1. The van der Waals surface area contributed by atoms with Gasteiger partial charge in [0.05, 0.1) is 6.61 Å². The fourth-order valence-corrected chi connectivity index (χ4v) is 2.09. The number of aromatic nitrogens is 1. The molecule has 1 heterocycles. The van der Waals surface area contributed by atoms with E-state index in [1.54, 1.807) is 6.20 Å². The number of benzene rings is 1. The minimum absolute atomic E-state index is 0.131. The Labute approximate surface area is 102 Å². The summed E-state index contributed by atoms with van der Waals surface area (Å²) in [5.74, 6) is 0.131. The van der Waals surface area contributed by atoms with Crippen LogP contribution in [0.2, 0.25) is 0 Å². The van der Waals surface area contributed by atoms with Crippen LogP contribution in [0.15, 0.2) is 48.7 Å². The van der Waals surface area contributed by atoms with Crippen LogP contribution in [0.4, 0.5) is 0 Å². The monoisotopic (exact) mass is 227 g/mol. The molecule has 1 aromatic heterocycles. The lowest BCUT2D eigenvalue weighted by molar-refractivity contribution is 0.263. The Kier molecular flexibility index (Phi) is 3.89. The molecule has 0 amide bonds. The van der Waals surface area contributed by atoms with Crippen LogP contribution in [-0.2, 0) is 6.42 Å². The molecule has 1 atom stereocenters. The predicted molar refractivity (Wildman–Crippen MR) is 68.9 cm³/mol. The van der Waals surface area contributed by atoms with Gasteiger partial charge in [0.25, 0.3) is 0 Å². The average Bonchev–Trinajstić information content (AvgIpc) is 2.38. The van der Waals surface area contributed by atoms with Crippen LogP contribution in [0, 0.1) is 6.92 Å². The Hall–Kier alpha value is -1.67. The fraction of sp³-hybridized carbons (Fsp3) is 0.267. The van der Waals surface area contributed by atoms with E-state index in [9.17, 15) is 5.11 Å². The van der Waals surface area contributed by atoms with Crippen LogP contribution < -0.4 is 0 Å². The number of hydrogen-bond acceptors (Lipinski definition) is 2. The second-order valence-electron chi connectivity index (χ2n) is 4.26. The lowest BCUT2D eigenvalue weighted by atomic mass is 9.91. The van der Waals surface area contributed by atoms with Crippen molar-refractivity contribution in [1.82, 2.24) is 4.98 Å². The molecule has 0 aliphatic carbocycles. The van der Waals surface area contributed by atoms with Crippen LogP contribution >= 0.6 is 0 Å². The maximum Gasteiger partial charge on any atom is 0.0503 e. The van der Waals surface area contributed by atoms with Crippen molar-refractivity contribution in [2.45, 2.75) is 19.3 Å². The summed E-state index contributed by atoms with van der Waals surface area (Å²) >= 11 is 0.